The number of hydrogen-bond donors (Lipinski definition) is 0. The maximum Gasteiger partial charge on any atom is 0.327 e. The number of rotatable bonds is 6. The summed E-state index contributed by atoms with van der Waals surface area (Å²) in [5.74, 6) is 0.954. The summed E-state index contributed by atoms with van der Waals surface area (Å²) in [6.45, 7) is 8.26. The lowest BCUT2D eigenvalue weighted by Gasteiger charge is -2.04. The maximum atomic E-state index is 10.5. The molecule has 0 fully saturated rings. The molecule has 0 saturated heterocycles. The zero-order chi connectivity index (χ0) is 12.3. The Kier molecular flexibility index (Phi) is 12.5. The van der Waals surface area contributed by atoms with Crippen LogP contribution < -0.4 is 0 Å². The molecule has 0 aliphatic heterocycles. The van der Waals surface area contributed by atoms with Crippen LogP contribution in [-0.4, -0.2) is 20.9 Å². The minimum absolute atomic E-state index is 0.954. The second-order valence-corrected chi connectivity index (χ2v) is 6.07. The Bertz CT molecular complexity index is 163. The van der Waals surface area contributed by atoms with Gasteiger partial charge >= 0.3 is 7.60 Å². The molecular formula is C11H27O3P. The highest BCUT2D eigenvalue weighted by Gasteiger charge is 2.08. The summed E-state index contributed by atoms with van der Waals surface area (Å²) in [5, 5.41) is 0. The van der Waals surface area contributed by atoms with Gasteiger partial charge in [-0.25, -0.2) is 0 Å². The van der Waals surface area contributed by atoms with Gasteiger partial charge in [-0.15, -0.1) is 0 Å². The molecule has 0 aliphatic carbocycles. The van der Waals surface area contributed by atoms with E-state index in [1.54, 1.807) is 0 Å². The van der Waals surface area contributed by atoms with Gasteiger partial charge in [-0.2, -0.15) is 0 Å². The van der Waals surface area contributed by atoms with Crippen molar-refractivity contribution in [2.75, 3.05) is 20.9 Å². The van der Waals surface area contributed by atoms with Crippen molar-refractivity contribution in [3.63, 3.8) is 0 Å². The first-order valence-corrected chi connectivity index (χ1v) is 7.61. The van der Waals surface area contributed by atoms with Crippen LogP contribution in [0.25, 0.3) is 0 Å². The fourth-order valence-electron chi connectivity index (χ4n) is 0.831. The molecule has 0 heterocycles. The lowest BCUT2D eigenvalue weighted by molar-refractivity contribution is 0.282. The van der Waals surface area contributed by atoms with Gasteiger partial charge < -0.3 is 9.05 Å². The second-order valence-electron chi connectivity index (χ2n) is 3.79. The van der Waals surface area contributed by atoms with Crippen molar-refractivity contribution in [1.82, 2.24) is 0 Å². The van der Waals surface area contributed by atoms with Gasteiger partial charge in [0, 0.05) is 20.9 Å². The van der Waals surface area contributed by atoms with Gasteiger partial charge in [-0.05, 0) is 5.92 Å². The van der Waals surface area contributed by atoms with Crippen LogP contribution in [0.15, 0.2) is 0 Å². The van der Waals surface area contributed by atoms with Gasteiger partial charge in [0.25, 0.3) is 0 Å². The molecule has 3 nitrogen and oxygen atoms in total. The highest BCUT2D eigenvalue weighted by Crippen LogP contribution is 2.40. The quantitative estimate of drug-likeness (QED) is 0.646. The lowest BCUT2D eigenvalue weighted by atomic mass is 10.0. The molecule has 0 aliphatic rings. The zero-order valence-electron chi connectivity index (χ0n) is 11.1. The molecule has 0 aromatic heterocycles. The topological polar surface area (TPSA) is 35.5 Å². The van der Waals surface area contributed by atoms with Crippen molar-refractivity contribution in [3.05, 3.63) is 0 Å². The van der Waals surface area contributed by atoms with Crippen molar-refractivity contribution in [3.8, 4) is 0 Å². The largest absolute Gasteiger partial charge is 0.327 e. The average molecular weight is 238 g/mol. The van der Waals surface area contributed by atoms with Crippen LogP contribution in [0.2, 0.25) is 0 Å². The van der Waals surface area contributed by atoms with Crippen LogP contribution in [0.3, 0.4) is 0 Å². The van der Waals surface area contributed by atoms with E-state index in [0.29, 0.717) is 0 Å². The van der Waals surface area contributed by atoms with Crippen LogP contribution in [0, 0.1) is 5.92 Å². The fraction of sp³-hybridized carbons (Fsp3) is 1.00. The van der Waals surface area contributed by atoms with Gasteiger partial charge in [0.1, 0.15) is 0 Å². The first-order chi connectivity index (χ1) is 6.93. The van der Waals surface area contributed by atoms with E-state index in [0.717, 1.165) is 5.92 Å². The Labute approximate surface area is 95.1 Å². The monoisotopic (exact) mass is 238 g/mol. The first kappa shape index (κ1) is 17.5. The molecule has 94 valence electrons. The second kappa shape index (κ2) is 10.7. The summed E-state index contributed by atoms with van der Waals surface area (Å²) in [4.78, 5) is 0. The van der Waals surface area contributed by atoms with E-state index < -0.39 is 7.60 Å². The Morgan fingerprint density at radius 2 is 1.67 bits per heavy atom. The Hall–Kier alpha value is 0.150. The van der Waals surface area contributed by atoms with Gasteiger partial charge in [0.15, 0.2) is 0 Å². The molecule has 1 atom stereocenters. The summed E-state index contributed by atoms with van der Waals surface area (Å²) < 4.78 is 19.3. The molecule has 4 heteroatoms. The minimum atomic E-state index is -2.65. The van der Waals surface area contributed by atoms with Gasteiger partial charge in [0.2, 0.25) is 0 Å². The van der Waals surface area contributed by atoms with Crippen molar-refractivity contribution in [1.29, 1.82) is 0 Å². The molecule has 0 amide bonds. The van der Waals surface area contributed by atoms with Crippen LogP contribution in [0.1, 0.15) is 46.5 Å². The molecule has 15 heavy (non-hydrogen) atoms. The van der Waals surface area contributed by atoms with E-state index in [1.807, 2.05) is 0 Å². The highest BCUT2D eigenvalue weighted by atomic mass is 31.2. The molecule has 1 unspecified atom stereocenters. The average Bonchev–Trinajstić information content (AvgIpc) is 2.26. The molecule has 0 aromatic rings. The Morgan fingerprint density at radius 3 is 1.87 bits per heavy atom. The van der Waals surface area contributed by atoms with Crippen LogP contribution in [-0.2, 0) is 13.6 Å². The predicted octanol–water partition coefficient (Wildman–Crippen LogP) is 4.32. The highest BCUT2D eigenvalue weighted by molar-refractivity contribution is 7.52. The summed E-state index contributed by atoms with van der Waals surface area (Å²) in [5.41, 5.74) is 0. The standard InChI is InChI=1S/C8H18.C3H9O3P/c1-4-6-7-8(3)5-2;1-5-7(3,4)6-2/h8H,4-7H2,1-3H3;1-3H3. The van der Waals surface area contributed by atoms with E-state index >= 15 is 0 Å². The third-order valence-electron chi connectivity index (χ3n) is 2.41. The van der Waals surface area contributed by atoms with Crippen molar-refractivity contribution in [2.24, 2.45) is 5.92 Å². The van der Waals surface area contributed by atoms with E-state index in [-0.39, 0.29) is 0 Å². The van der Waals surface area contributed by atoms with Gasteiger partial charge in [-0.3, -0.25) is 4.57 Å². The van der Waals surface area contributed by atoms with E-state index in [4.69, 9.17) is 0 Å². The summed E-state index contributed by atoms with van der Waals surface area (Å²) in [6, 6.07) is 0. The Balaban J connectivity index is 0. The van der Waals surface area contributed by atoms with Crippen LogP contribution in [0.4, 0.5) is 0 Å². The minimum Gasteiger partial charge on any atom is -0.312 e. The Morgan fingerprint density at radius 1 is 1.20 bits per heavy atom. The SMILES string of the molecule is CCCCC(C)CC.COP(C)(=O)OC. The van der Waals surface area contributed by atoms with Crippen LogP contribution in [0.5, 0.6) is 0 Å². The number of unbranched alkanes of at least 4 members (excludes halogenated alkanes) is 1. The normalized spacial score (nSPS) is 12.9. The molecule has 0 radical (unpaired) electrons. The van der Waals surface area contributed by atoms with E-state index in [1.165, 1.54) is 46.6 Å². The summed E-state index contributed by atoms with van der Waals surface area (Å²) >= 11 is 0. The smallest absolute Gasteiger partial charge is 0.312 e. The summed E-state index contributed by atoms with van der Waals surface area (Å²) in [7, 11) is 0.0486. The summed E-state index contributed by atoms with van der Waals surface area (Å²) in [6.07, 6.45) is 5.53. The van der Waals surface area contributed by atoms with E-state index in [2.05, 4.69) is 29.8 Å². The molecule has 0 bridgehead atoms. The molecule has 0 spiro atoms. The predicted molar refractivity (Wildman–Crippen MR) is 66.5 cm³/mol. The molecule has 0 aromatic carbocycles. The lowest BCUT2D eigenvalue weighted by Crippen LogP contribution is -1.89. The zero-order valence-corrected chi connectivity index (χ0v) is 12.0. The molecule has 0 N–H and O–H groups in total. The first-order valence-electron chi connectivity index (χ1n) is 5.62. The number of hydrogen-bond acceptors (Lipinski definition) is 3. The van der Waals surface area contributed by atoms with Crippen molar-refractivity contribution < 1.29 is 13.6 Å². The van der Waals surface area contributed by atoms with Gasteiger partial charge in [-0.1, -0.05) is 46.5 Å². The molecule has 0 saturated carbocycles. The van der Waals surface area contributed by atoms with Crippen molar-refractivity contribution in [2.45, 2.75) is 46.5 Å². The third kappa shape index (κ3) is 14.2. The van der Waals surface area contributed by atoms with Crippen LogP contribution >= 0.6 is 7.60 Å². The molecular weight excluding hydrogens is 211 g/mol. The van der Waals surface area contributed by atoms with E-state index in [9.17, 15) is 4.57 Å². The fourth-order valence-corrected chi connectivity index (χ4v) is 0.980. The van der Waals surface area contributed by atoms with Crippen molar-refractivity contribution >= 4 is 7.60 Å². The third-order valence-corrected chi connectivity index (χ3v) is 3.74. The maximum absolute atomic E-state index is 10.5. The molecule has 0 rings (SSSR count). The van der Waals surface area contributed by atoms with Gasteiger partial charge in [0.05, 0.1) is 0 Å².